The largest absolute Gasteiger partial charge is 0.352 e. The van der Waals surface area contributed by atoms with Gasteiger partial charge in [-0.3, -0.25) is 14.3 Å². The number of thiophene rings is 1. The monoisotopic (exact) mass is 374 g/mol. The van der Waals surface area contributed by atoms with Crippen LogP contribution >= 0.6 is 11.3 Å². The van der Waals surface area contributed by atoms with Crippen LogP contribution in [0.2, 0.25) is 0 Å². The summed E-state index contributed by atoms with van der Waals surface area (Å²) in [6, 6.07) is 1.97. The molecule has 7 heteroatoms. The maximum Gasteiger partial charge on any atom is 0.263 e. The number of nitrogens with one attached hydrogen (secondary N) is 1. The molecule has 0 bridgehead atoms. The van der Waals surface area contributed by atoms with Gasteiger partial charge >= 0.3 is 0 Å². The molecule has 3 rings (SSSR count). The first-order valence-corrected chi connectivity index (χ1v) is 9.69. The molecule has 6 nitrogen and oxygen atoms in total. The van der Waals surface area contributed by atoms with Crippen molar-refractivity contribution in [3.05, 3.63) is 38.3 Å². The normalized spacial score (nSPS) is 16.3. The molecule has 2 aromatic rings. The van der Waals surface area contributed by atoms with Crippen LogP contribution in [0.4, 0.5) is 0 Å². The van der Waals surface area contributed by atoms with Crippen LogP contribution in [0.5, 0.6) is 0 Å². The van der Waals surface area contributed by atoms with Gasteiger partial charge < -0.3 is 10.2 Å². The van der Waals surface area contributed by atoms with E-state index in [1.165, 1.54) is 4.88 Å². The van der Waals surface area contributed by atoms with E-state index in [2.05, 4.69) is 10.4 Å². The lowest BCUT2D eigenvalue weighted by Crippen LogP contribution is -2.33. The Morgan fingerprint density at radius 2 is 2.12 bits per heavy atom. The van der Waals surface area contributed by atoms with Crippen molar-refractivity contribution >= 4 is 23.2 Å². The Kier molecular flexibility index (Phi) is 5.18. The minimum absolute atomic E-state index is 0.0308. The average molecular weight is 375 g/mol. The van der Waals surface area contributed by atoms with Gasteiger partial charge in [-0.25, -0.2) is 0 Å². The first-order valence-electron chi connectivity index (χ1n) is 8.88. The third-order valence-corrected chi connectivity index (χ3v) is 6.39. The summed E-state index contributed by atoms with van der Waals surface area (Å²) in [5.74, 6) is 0.0922. The van der Waals surface area contributed by atoms with Gasteiger partial charge in [-0.2, -0.15) is 5.10 Å². The Labute approximate surface area is 158 Å². The number of amides is 2. The van der Waals surface area contributed by atoms with Gasteiger partial charge in [-0.1, -0.05) is 0 Å². The van der Waals surface area contributed by atoms with Gasteiger partial charge in [0.1, 0.15) is 0 Å². The molecule has 0 saturated heterocycles. The zero-order chi connectivity index (χ0) is 19.0. The quantitative estimate of drug-likeness (QED) is 0.892. The molecule has 2 heterocycles. The third kappa shape index (κ3) is 3.53. The van der Waals surface area contributed by atoms with Gasteiger partial charge in [-0.05, 0) is 44.7 Å². The number of aryl methyl sites for hydroxylation is 3. The van der Waals surface area contributed by atoms with Gasteiger partial charge in [0.15, 0.2) is 0 Å². The van der Waals surface area contributed by atoms with Crippen LogP contribution in [0, 0.1) is 19.8 Å². The molecule has 1 atom stereocenters. The Bertz CT molecular complexity index is 850. The van der Waals surface area contributed by atoms with E-state index in [-0.39, 0.29) is 17.7 Å². The maximum absolute atomic E-state index is 12.6. The molecule has 1 aliphatic carbocycles. The second-order valence-electron chi connectivity index (χ2n) is 7.19. The highest BCUT2D eigenvalue weighted by molar-refractivity contribution is 7.14. The number of rotatable bonds is 4. The number of carbonyl (C=O) groups excluding carboxylic acids is 2. The van der Waals surface area contributed by atoms with Crippen molar-refractivity contribution in [2.24, 2.45) is 13.0 Å². The summed E-state index contributed by atoms with van der Waals surface area (Å²) >= 11 is 1.57. The second kappa shape index (κ2) is 7.23. The van der Waals surface area contributed by atoms with Gasteiger partial charge in [-0.15, -0.1) is 11.3 Å². The van der Waals surface area contributed by atoms with Gasteiger partial charge in [0.05, 0.1) is 10.6 Å². The average Bonchev–Trinajstić information content (AvgIpc) is 3.12. The molecule has 140 valence electrons. The number of nitrogens with zero attached hydrogens (tertiary/aromatic N) is 3. The van der Waals surface area contributed by atoms with Crippen molar-refractivity contribution < 1.29 is 9.59 Å². The van der Waals surface area contributed by atoms with Gasteiger partial charge in [0.2, 0.25) is 5.91 Å². The van der Waals surface area contributed by atoms with Crippen LogP contribution in [-0.4, -0.2) is 40.6 Å². The van der Waals surface area contributed by atoms with Crippen LogP contribution < -0.4 is 5.32 Å². The summed E-state index contributed by atoms with van der Waals surface area (Å²) in [6.45, 7) is 4.50. The Morgan fingerprint density at radius 3 is 2.73 bits per heavy atom. The van der Waals surface area contributed by atoms with E-state index in [0.717, 1.165) is 40.2 Å². The van der Waals surface area contributed by atoms with Crippen LogP contribution in [0.1, 0.15) is 43.5 Å². The van der Waals surface area contributed by atoms with E-state index in [1.54, 1.807) is 30.3 Å². The molecular weight excluding hydrogens is 348 g/mol. The lowest BCUT2D eigenvalue weighted by molar-refractivity contribution is -0.125. The van der Waals surface area contributed by atoms with E-state index >= 15 is 0 Å². The Hall–Kier alpha value is -2.15. The molecule has 0 radical (unpaired) electrons. The van der Waals surface area contributed by atoms with Crippen molar-refractivity contribution in [3.63, 3.8) is 0 Å². The van der Waals surface area contributed by atoms with Crippen molar-refractivity contribution in [2.75, 3.05) is 14.1 Å². The number of carbonyl (C=O) groups is 2. The summed E-state index contributed by atoms with van der Waals surface area (Å²) in [4.78, 5) is 28.4. The van der Waals surface area contributed by atoms with Crippen molar-refractivity contribution in [2.45, 2.75) is 39.7 Å². The number of hydrogen-bond acceptors (Lipinski definition) is 4. The van der Waals surface area contributed by atoms with E-state index < -0.39 is 0 Å². The number of aromatic nitrogens is 2. The molecule has 2 amide bonds. The fourth-order valence-corrected chi connectivity index (χ4v) is 4.70. The van der Waals surface area contributed by atoms with Crippen LogP contribution in [0.3, 0.4) is 0 Å². The first-order chi connectivity index (χ1) is 12.3. The summed E-state index contributed by atoms with van der Waals surface area (Å²) in [5.41, 5.74) is 4.28. The molecule has 2 aromatic heterocycles. The first kappa shape index (κ1) is 18.6. The molecular formula is C19H26N4O2S. The highest BCUT2D eigenvalue weighted by atomic mass is 32.1. The Balaban J connectivity index is 1.65. The molecule has 0 aliphatic heterocycles. The SMILES string of the molecule is Cc1nn(C)c(C)c1CNC(=O)[C@H]1CCc2sc(C(=O)N(C)C)cc2C1. The molecule has 1 N–H and O–H groups in total. The molecule has 0 saturated carbocycles. The summed E-state index contributed by atoms with van der Waals surface area (Å²) in [6.07, 6.45) is 2.41. The van der Waals surface area contributed by atoms with E-state index in [9.17, 15) is 9.59 Å². The smallest absolute Gasteiger partial charge is 0.263 e. The Morgan fingerprint density at radius 1 is 1.38 bits per heavy atom. The summed E-state index contributed by atoms with van der Waals surface area (Å²) in [7, 11) is 5.44. The van der Waals surface area contributed by atoms with E-state index in [4.69, 9.17) is 0 Å². The standard InChI is InChI=1S/C19H26N4O2S/c1-11-15(12(2)23(5)21-11)10-20-18(24)13-6-7-16-14(8-13)9-17(26-16)19(25)22(3)4/h9,13H,6-8,10H2,1-5H3,(H,20,24)/t13-/m0/s1. The van der Waals surface area contributed by atoms with Crippen LogP contribution in [-0.2, 0) is 31.2 Å². The van der Waals surface area contributed by atoms with Crippen LogP contribution in [0.15, 0.2) is 6.07 Å². The molecule has 0 fully saturated rings. The molecule has 0 unspecified atom stereocenters. The maximum atomic E-state index is 12.6. The molecule has 26 heavy (non-hydrogen) atoms. The van der Waals surface area contributed by atoms with Crippen molar-refractivity contribution in [3.8, 4) is 0 Å². The minimum atomic E-state index is -0.0308. The molecule has 0 aromatic carbocycles. The van der Waals surface area contributed by atoms with Crippen molar-refractivity contribution in [1.29, 1.82) is 0 Å². The lowest BCUT2D eigenvalue weighted by Gasteiger charge is -2.21. The zero-order valence-electron chi connectivity index (χ0n) is 16.0. The third-order valence-electron chi connectivity index (χ3n) is 5.17. The van der Waals surface area contributed by atoms with Gasteiger partial charge in [0, 0.05) is 49.7 Å². The van der Waals surface area contributed by atoms with Crippen LogP contribution in [0.25, 0.3) is 0 Å². The second-order valence-corrected chi connectivity index (χ2v) is 8.33. The number of fused-ring (bicyclic) bond motifs is 1. The predicted molar refractivity (Wildman–Crippen MR) is 102 cm³/mol. The topological polar surface area (TPSA) is 67.2 Å². The minimum Gasteiger partial charge on any atom is -0.352 e. The lowest BCUT2D eigenvalue weighted by atomic mass is 9.87. The fraction of sp³-hybridized carbons (Fsp3) is 0.526. The molecule has 1 aliphatic rings. The summed E-state index contributed by atoms with van der Waals surface area (Å²) < 4.78 is 1.85. The van der Waals surface area contributed by atoms with E-state index in [1.807, 2.05) is 31.6 Å². The highest BCUT2D eigenvalue weighted by Crippen LogP contribution is 2.33. The molecule has 0 spiro atoms. The van der Waals surface area contributed by atoms with Gasteiger partial charge in [0.25, 0.3) is 5.91 Å². The number of hydrogen-bond donors (Lipinski definition) is 1. The fourth-order valence-electron chi connectivity index (χ4n) is 3.47. The van der Waals surface area contributed by atoms with E-state index in [0.29, 0.717) is 13.0 Å². The van der Waals surface area contributed by atoms with Crippen molar-refractivity contribution in [1.82, 2.24) is 20.0 Å². The highest BCUT2D eigenvalue weighted by Gasteiger charge is 2.28. The summed E-state index contributed by atoms with van der Waals surface area (Å²) in [5, 5.41) is 7.47. The predicted octanol–water partition coefficient (Wildman–Crippen LogP) is 2.22. The zero-order valence-corrected chi connectivity index (χ0v) is 16.9.